The number of nitrogens with one attached hydrogen (secondary N) is 2. The molecular formula is C18H17N3O3. The van der Waals surface area contributed by atoms with E-state index >= 15 is 0 Å². The van der Waals surface area contributed by atoms with Crippen LogP contribution in [0.4, 0.5) is 0 Å². The summed E-state index contributed by atoms with van der Waals surface area (Å²) in [4.78, 5) is 16.6. The number of fused-ring (bicyclic) bond motifs is 2. The Morgan fingerprint density at radius 3 is 2.96 bits per heavy atom. The van der Waals surface area contributed by atoms with E-state index in [1.165, 1.54) is 0 Å². The lowest BCUT2D eigenvalue weighted by Gasteiger charge is -2.25. The second-order valence-corrected chi connectivity index (χ2v) is 5.71. The third kappa shape index (κ3) is 2.78. The first-order valence-corrected chi connectivity index (χ1v) is 7.83. The average molecular weight is 323 g/mol. The van der Waals surface area contributed by atoms with Gasteiger partial charge in [0.2, 0.25) is 6.10 Å². The third-order valence-electron chi connectivity index (χ3n) is 4.12. The minimum atomic E-state index is -0.687. The number of hydrogen-bond donors (Lipinski definition) is 2. The van der Waals surface area contributed by atoms with Gasteiger partial charge in [0.05, 0.1) is 6.04 Å². The fourth-order valence-electron chi connectivity index (χ4n) is 2.86. The minimum absolute atomic E-state index is 0.158. The maximum absolute atomic E-state index is 12.2. The van der Waals surface area contributed by atoms with Crippen molar-refractivity contribution in [2.24, 2.45) is 10.9 Å². The number of carbonyl (C=O) groups is 1. The number of nitrogens with zero attached hydrogens (tertiary/aromatic N) is 1. The SMILES string of the molecule is O=C(NNC=C1C=N[C@@H]2C=CC=C[C@H]12)[C@@H]1COc2ccccc2O1. The van der Waals surface area contributed by atoms with Crippen LogP contribution in [0.25, 0.3) is 0 Å². The molecule has 0 fully saturated rings. The maximum atomic E-state index is 12.2. The van der Waals surface area contributed by atoms with Crippen LogP contribution in [0.5, 0.6) is 11.5 Å². The minimum Gasteiger partial charge on any atom is -0.485 e. The van der Waals surface area contributed by atoms with E-state index in [1.807, 2.05) is 36.6 Å². The summed E-state index contributed by atoms with van der Waals surface area (Å²) in [5, 5.41) is 0. The number of ether oxygens (including phenoxy) is 2. The van der Waals surface area contributed by atoms with Crippen molar-refractivity contribution < 1.29 is 14.3 Å². The summed E-state index contributed by atoms with van der Waals surface area (Å²) in [6, 6.07) is 7.45. The second-order valence-electron chi connectivity index (χ2n) is 5.71. The third-order valence-corrected chi connectivity index (χ3v) is 4.12. The van der Waals surface area contributed by atoms with Gasteiger partial charge in [0.15, 0.2) is 11.5 Å². The van der Waals surface area contributed by atoms with Gasteiger partial charge in [0.25, 0.3) is 5.91 Å². The Labute approximate surface area is 139 Å². The van der Waals surface area contributed by atoms with Gasteiger partial charge in [-0.2, -0.15) is 0 Å². The Morgan fingerprint density at radius 1 is 1.21 bits per heavy atom. The number of amides is 1. The molecule has 0 saturated carbocycles. The summed E-state index contributed by atoms with van der Waals surface area (Å²) in [7, 11) is 0. The molecule has 1 aromatic carbocycles. The van der Waals surface area contributed by atoms with Crippen molar-refractivity contribution in [2.75, 3.05) is 6.61 Å². The molecule has 1 amide bonds. The van der Waals surface area contributed by atoms with E-state index in [0.29, 0.717) is 11.5 Å². The maximum Gasteiger partial charge on any atom is 0.282 e. The number of hydrogen-bond acceptors (Lipinski definition) is 5. The van der Waals surface area contributed by atoms with E-state index in [9.17, 15) is 4.79 Å². The predicted octanol–water partition coefficient (Wildman–Crippen LogP) is 1.53. The molecule has 2 aliphatic heterocycles. The molecular weight excluding hydrogens is 306 g/mol. The lowest BCUT2D eigenvalue weighted by molar-refractivity contribution is -0.131. The van der Waals surface area contributed by atoms with Crippen LogP contribution in [-0.2, 0) is 4.79 Å². The molecule has 0 bridgehead atoms. The van der Waals surface area contributed by atoms with Crippen molar-refractivity contribution in [3.63, 3.8) is 0 Å². The van der Waals surface area contributed by atoms with Crippen LogP contribution in [0.15, 0.2) is 65.3 Å². The van der Waals surface area contributed by atoms with Crippen LogP contribution < -0.4 is 20.3 Å². The molecule has 122 valence electrons. The van der Waals surface area contributed by atoms with Crippen molar-refractivity contribution in [1.29, 1.82) is 0 Å². The van der Waals surface area contributed by atoms with Crippen LogP contribution in [0.1, 0.15) is 0 Å². The Bertz CT molecular complexity index is 767. The summed E-state index contributed by atoms with van der Waals surface area (Å²) in [5.41, 5.74) is 6.49. The molecule has 0 radical (unpaired) electrons. The van der Waals surface area contributed by atoms with Crippen molar-refractivity contribution in [2.45, 2.75) is 12.1 Å². The van der Waals surface area contributed by atoms with Gasteiger partial charge in [-0.1, -0.05) is 36.4 Å². The zero-order chi connectivity index (χ0) is 16.4. The summed E-state index contributed by atoms with van der Waals surface area (Å²) in [5.74, 6) is 1.17. The van der Waals surface area contributed by atoms with Crippen LogP contribution >= 0.6 is 0 Å². The van der Waals surface area contributed by atoms with Gasteiger partial charge < -0.3 is 14.9 Å². The fourth-order valence-corrected chi connectivity index (χ4v) is 2.86. The first kappa shape index (κ1) is 14.6. The highest BCUT2D eigenvalue weighted by molar-refractivity contribution is 5.84. The number of aliphatic imine (C=N–C) groups is 1. The van der Waals surface area contributed by atoms with Gasteiger partial charge in [-0.3, -0.25) is 15.2 Å². The molecule has 6 heteroatoms. The lowest BCUT2D eigenvalue weighted by atomic mass is 9.92. The zero-order valence-electron chi connectivity index (χ0n) is 12.9. The molecule has 24 heavy (non-hydrogen) atoms. The molecule has 1 aliphatic carbocycles. The highest BCUT2D eigenvalue weighted by Gasteiger charge is 2.28. The van der Waals surface area contributed by atoms with E-state index in [1.54, 1.807) is 12.3 Å². The number of hydrazine groups is 1. The Balaban J connectivity index is 1.33. The topological polar surface area (TPSA) is 72.0 Å². The molecule has 2 heterocycles. The van der Waals surface area contributed by atoms with Crippen molar-refractivity contribution in [3.8, 4) is 11.5 Å². The summed E-state index contributed by atoms with van der Waals surface area (Å²) in [6.45, 7) is 0.181. The number of para-hydroxylation sites is 2. The molecule has 4 rings (SSSR count). The van der Waals surface area contributed by atoms with Crippen LogP contribution in [0, 0.1) is 5.92 Å². The van der Waals surface area contributed by atoms with Crippen molar-refractivity contribution in [3.05, 3.63) is 60.3 Å². The van der Waals surface area contributed by atoms with Gasteiger partial charge in [-0.25, -0.2) is 0 Å². The van der Waals surface area contributed by atoms with Gasteiger partial charge in [-0.15, -0.1) is 0 Å². The fraction of sp³-hybridized carbons (Fsp3) is 0.222. The zero-order valence-corrected chi connectivity index (χ0v) is 12.9. The lowest BCUT2D eigenvalue weighted by Crippen LogP contribution is -2.47. The molecule has 1 aromatic rings. The van der Waals surface area contributed by atoms with Crippen molar-refractivity contribution in [1.82, 2.24) is 10.9 Å². The molecule has 6 nitrogen and oxygen atoms in total. The molecule has 0 aromatic heterocycles. The van der Waals surface area contributed by atoms with Gasteiger partial charge in [0, 0.05) is 18.3 Å². The van der Waals surface area contributed by atoms with E-state index in [2.05, 4.69) is 28.0 Å². The van der Waals surface area contributed by atoms with E-state index < -0.39 is 6.10 Å². The first-order valence-electron chi connectivity index (χ1n) is 7.83. The number of rotatable bonds is 3. The molecule has 3 atom stereocenters. The standard InChI is InChI=1S/C18H17N3O3/c22-18(17-11-23-15-7-3-4-8-16(15)24-17)21-20-10-12-9-19-14-6-2-1-5-13(12)14/h1-10,13-14,17,20H,11H2,(H,21,22)/t13-,14-,17+/m1/s1. The van der Waals surface area contributed by atoms with E-state index in [0.717, 1.165) is 5.57 Å². The summed E-state index contributed by atoms with van der Waals surface area (Å²) >= 11 is 0. The molecule has 3 aliphatic rings. The molecule has 0 unspecified atom stereocenters. The highest BCUT2D eigenvalue weighted by atomic mass is 16.6. The molecule has 0 saturated heterocycles. The van der Waals surface area contributed by atoms with Gasteiger partial charge >= 0.3 is 0 Å². The molecule has 2 N–H and O–H groups in total. The van der Waals surface area contributed by atoms with Crippen molar-refractivity contribution >= 4 is 12.1 Å². The van der Waals surface area contributed by atoms with Gasteiger partial charge in [-0.05, 0) is 17.7 Å². The van der Waals surface area contributed by atoms with Gasteiger partial charge in [0.1, 0.15) is 6.61 Å². The Kier molecular flexibility index (Phi) is 3.78. The van der Waals surface area contributed by atoms with Crippen LogP contribution in [0.3, 0.4) is 0 Å². The average Bonchev–Trinajstić information content (AvgIpc) is 3.04. The molecule has 0 spiro atoms. The normalized spacial score (nSPS) is 27.8. The van der Waals surface area contributed by atoms with E-state index in [-0.39, 0.29) is 24.5 Å². The van der Waals surface area contributed by atoms with Crippen LogP contribution in [-0.4, -0.2) is 30.9 Å². The quantitative estimate of drug-likeness (QED) is 0.828. The second kappa shape index (κ2) is 6.23. The smallest absolute Gasteiger partial charge is 0.282 e. The number of benzene rings is 1. The Hall–Kier alpha value is -3.02. The predicted molar refractivity (Wildman–Crippen MR) is 89.8 cm³/mol. The largest absolute Gasteiger partial charge is 0.485 e. The van der Waals surface area contributed by atoms with Crippen LogP contribution in [0.2, 0.25) is 0 Å². The Morgan fingerprint density at radius 2 is 2.04 bits per heavy atom. The summed E-state index contributed by atoms with van der Waals surface area (Å²) < 4.78 is 11.2. The number of allylic oxidation sites excluding steroid dienone is 2. The van der Waals surface area contributed by atoms with E-state index in [4.69, 9.17) is 9.47 Å². The first-order chi connectivity index (χ1) is 11.8. The highest BCUT2D eigenvalue weighted by Crippen LogP contribution is 2.31. The number of carbonyl (C=O) groups excluding carboxylic acids is 1. The summed E-state index contributed by atoms with van der Waals surface area (Å²) in [6.07, 6.45) is 11.1. The monoisotopic (exact) mass is 323 g/mol.